The molecule has 0 spiro atoms. The molecule has 17 heavy (non-hydrogen) atoms. The first-order valence-corrected chi connectivity index (χ1v) is 6.23. The predicted octanol–water partition coefficient (Wildman–Crippen LogP) is 2.37. The van der Waals surface area contributed by atoms with Gasteiger partial charge in [-0.25, -0.2) is 4.79 Å². The molecule has 1 aliphatic rings. The summed E-state index contributed by atoms with van der Waals surface area (Å²) in [6.45, 7) is 5.46. The fourth-order valence-electron chi connectivity index (χ4n) is 1.78. The molecule has 1 amide bonds. The van der Waals surface area contributed by atoms with Crippen LogP contribution in [0, 0.1) is 0 Å². The maximum Gasteiger partial charge on any atom is 0.407 e. The topological polar surface area (TPSA) is 58.6 Å². The first kappa shape index (κ1) is 14.0. The zero-order valence-corrected chi connectivity index (χ0v) is 10.9. The highest BCUT2D eigenvalue weighted by Gasteiger charge is 2.23. The molecule has 0 saturated carbocycles. The lowest BCUT2D eigenvalue weighted by Gasteiger charge is -2.26. The van der Waals surface area contributed by atoms with Gasteiger partial charge < -0.3 is 15.2 Å². The molecule has 1 rings (SSSR count). The molecule has 1 unspecified atom stereocenters. The molecule has 2 atom stereocenters. The van der Waals surface area contributed by atoms with Crippen LogP contribution in [-0.4, -0.2) is 28.9 Å². The molecule has 4 heteroatoms. The number of rotatable bonds is 1. The van der Waals surface area contributed by atoms with E-state index in [2.05, 4.69) is 5.32 Å². The van der Waals surface area contributed by atoms with E-state index in [0.717, 1.165) is 25.7 Å². The van der Waals surface area contributed by atoms with Gasteiger partial charge in [0.15, 0.2) is 0 Å². The van der Waals surface area contributed by atoms with Crippen molar-refractivity contribution < 1.29 is 14.6 Å². The number of carbonyl (C=O) groups excluding carboxylic acids is 1. The highest BCUT2D eigenvalue weighted by Crippen LogP contribution is 2.14. The van der Waals surface area contributed by atoms with Crippen molar-refractivity contribution >= 4 is 6.09 Å². The maximum absolute atomic E-state index is 11.6. The summed E-state index contributed by atoms with van der Waals surface area (Å²) >= 11 is 0. The van der Waals surface area contributed by atoms with Crippen LogP contribution in [0.5, 0.6) is 0 Å². The van der Waals surface area contributed by atoms with Crippen LogP contribution in [0.1, 0.15) is 46.5 Å². The van der Waals surface area contributed by atoms with Gasteiger partial charge in [0.25, 0.3) is 0 Å². The fourth-order valence-corrected chi connectivity index (χ4v) is 1.78. The van der Waals surface area contributed by atoms with Crippen LogP contribution in [-0.2, 0) is 4.74 Å². The second kappa shape index (κ2) is 6.05. The van der Waals surface area contributed by atoms with Crippen LogP contribution < -0.4 is 5.32 Å². The SMILES string of the molecule is CC(C)(C)OC(=O)N[C@@H]1CCCC/C=C/C1O. The van der Waals surface area contributed by atoms with Crippen molar-refractivity contribution in [3.05, 3.63) is 12.2 Å². The molecule has 0 aromatic rings. The van der Waals surface area contributed by atoms with Crippen LogP contribution in [0.15, 0.2) is 12.2 Å². The highest BCUT2D eigenvalue weighted by molar-refractivity contribution is 5.68. The molecule has 2 N–H and O–H groups in total. The summed E-state index contributed by atoms with van der Waals surface area (Å²) in [6.07, 6.45) is 6.51. The van der Waals surface area contributed by atoms with E-state index in [4.69, 9.17) is 4.74 Å². The Morgan fingerprint density at radius 1 is 1.41 bits per heavy atom. The number of carbonyl (C=O) groups is 1. The highest BCUT2D eigenvalue weighted by atomic mass is 16.6. The minimum atomic E-state index is -0.622. The Bertz CT molecular complexity index is 281. The largest absolute Gasteiger partial charge is 0.444 e. The van der Waals surface area contributed by atoms with Gasteiger partial charge in [-0.15, -0.1) is 0 Å². The van der Waals surface area contributed by atoms with Gasteiger partial charge in [0.05, 0.1) is 12.1 Å². The molecule has 98 valence electrons. The zero-order valence-electron chi connectivity index (χ0n) is 10.9. The van der Waals surface area contributed by atoms with Crippen molar-refractivity contribution in [2.45, 2.75) is 64.2 Å². The maximum atomic E-state index is 11.6. The summed E-state index contributed by atoms with van der Waals surface area (Å²) in [6, 6.07) is -0.249. The molecular formula is C13H23NO3. The molecule has 0 aliphatic heterocycles. The van der Waals surface area contributed by atoms with E-state index in [9.17, 15) is 9.90 Å². The third-order valence-corrected chi connectivity index (χ3v) is 2.58. The molecule has 0 heterocycles. The van der Waals surface area contributed by atoms with Gasteiger partial charge in [0, 0.05) is 0 Å². The summed E-state index contributed by atoms with van der Waals surface area (Å²) in [4.78, 5) is 11.6. The average Bonchev–Trinajstić information content (AvgIpc) is 2.15. The van der Waals surface area contributed by atoms with Crippen molar-refractivity contribution in [3.63, 3.8) is 0 Å². The summed E-state index contributed by atoms with van der Waals surface area (Å²) < 4.78 is 5.18. The van der Waals surface area contributed by atoms with Crippen LogP contribution >= 0.6 is 0 Å². The Balaban J connectivity index is 2.50. The molecular weight excluding hydrogens is 218 g/mol. The first-order chi connectivity index (χ1) is 7.88. The van der Waals surface area contributed by atoms with Crippen molar-refractivity contribution in [1.29, 1.82) is 0 Å². The van der Waals surface area contributed by atoms with Crippen molar-refractivity contribution in [2.75, 3.05) is 0 Å². The summed E-state index contributed by atoms with van der Waals surface area (Å²) in [7, 11) is 0. The molecule has 0 fully saturated rings. The Labute approximate surface area is 103 Å². The van der Waals surface area contributed by atoms with Gasteiger partial charge in [-0.05, 0) is 40.0 Å². The number of ether oxygens (including phenoxy) is 1. The molecule has 0 aromatic carbocycles. The molecule has 0 aromatic heterocycles. The van der Waals surface area contributed by atoms with Gasteiger partial charge in [0.2, 0.25) is 0 Å². The van der Waals surface area contributed by atoms with Gasteiger partial charge in [-0.1, -0.05) is 18.6 Å². The van der Waals surface area contributed by atoms with E-state index < -0.39 is 17.8 Å². The number of aliphatic hydroxyl groups excluding tert-OH is 1. The minimum Gasteiger partial charge on any atom is -0.444 e. The zero-order chi connectivity index (χ0) is 12.9. The number of hydrogen-bond donors (Lipinski definition) is 2. The van der Waals surface area contributed by atoms with Crippen LogP contribution in [0.4, 0.5) is 4.79 Å². The lowest BCUT2D eigenvalue weighted by molar-refractivity contribution is 0.0447. The summed E-state index contributed by atoms with van der Waals surface area (Å²) in [5.41, 5.74) is -0.507. The van der Waals surface area contributed by atoms with Gasteiger partial charge in [-0.3, -0.25) is 0 Å². The number of hydrogen-bond acceptors (Lipinski definition) is 3. The standard InChI is InChI=1S/C13H23NO3/c1-13(2,3)17-12(16)14-10-8-6-4-5-7-9-11(10)15/h7,9-11,15H,4-6,8H2,1-3H3,(H,14,16)/b9-7+/t10-,11?/m1/s1. The number of amides is 1. The van der Waals surface area contributed by atoms with Gasteiger partial charge in [0.1, 0.15) is 5.60 Å². The number of allylic oxidation sites excluding steroid dienone is 1. The van der Waals surface area contributed by atoms with Crippen molar-refractivity contribution in [2.24, 2.45) is 0 Å². The normalized spacial score (nSPS) is 27.8. The van der Waals surface area contributed by atoms with Crippen molar-refractivity contribution in [3.8, 4) is 0 Å². The predicted molar refractivity (Wildman–Crippen MR) is 66.8 cm³/mol. The quantitative estimate of drug-likeness (QED) is 0.693. The molecule has 1 aliphatic carbocycles. The van der Waals surface area contributed by atoms with Gasteiger partial charge in [-0.2, -0.15) is 0 Å². The molecule has 4 nitrogen and oxygen atoms in total. The summed E-state index contributed by atoms with van der Waals surface area (Å²) in [5, 5.41) is 12.6. The molecule has 0 saturated heterocycles. The second-order valence-corrected chi connectivity index (χ2v) is 5.46. The summed E-state index contributed by atoms with van der Waals surface area (Å²) in [5.74, 6) is 0. The Kier molecular flexibility index (Phi) is 5.00. The lowest BCUT2D eigenvalue weighted by Crippen LogP contribution is -2.45. The van der Waals surface area contributed by atoms with E-state index in [1.807, 2.05) is 26.8 Å². The van der Waals surface area contributed by atoms with Crippen LogP contribution in [0.3, 0.4) is 0 Å². The van der Waals surface area contributed by atoms with Crippen LogP contribution in [0.2, 0.25) is 0 Å². The number of nitrogens with one attached hydrogen (secondary N) is 1. The first-order valence-electron chi connectivity index (χ1n) is 6.23. The lowest BCUT2D eigenvalue weighted by atomic mass is 9.99. The fraction of sp³-hybridized carbons (Fsp3) is 0.769. The average molecular weight is 241 g/mol. The van der Waals surface area contributed by atoms with Crippen LogP contribution in [0.25, 0.3) is 0 Å². The second-order valence-electron chi connectivity index (χ2n) is 5.46. The Hall–Kier alpha value is -1.03. The number of aliphatic hydroxyl groups is 1. The molecule has 0 bridgehead atoms. The Morgan fingerprint density at radius 3 is 2.76 bits per heavy atom. The monoisotopic (exact) mass is 241 g/mol. The Morgan fingerprint density at radius 2 is 2.12 bits per heavy atom. The number of alkyl carbamates (subject to hydrolysis) is 1. The van der Waals surface area contributed by atoms with E-state index in [-0.39, 0.29) is 6.04 Å². The van der Waals surface area contributed by atoms with Crippen molar-refractivity contribution in [1.82, 2.24) is 5.32 Å². The van der Waals surface area contributed by atoms with E-state index in [1.54, 1.807) is 6.08 Å². The van der Waals surface area contributed by atoms with E-state index >= 15 is 0 Å². The van der Waals surface area contributed by atoms with E-state index in [1.165, 1.54) is 0 Å². The third-order valence-electron chi connectivity index (χ3n) is 2.58. The van der Waals surface area contributed by atoms with E-state index in [0.29, 0.717) is 0 Å². The smallest absolute Gasteiger partial charge is 0.407 e. The third kappa shape index (κ3) is 5.73. The molecule has 0 radical (unpaired) electrons. The van der Waals surface area contributed by atoms with Gasteiger partial charge >= 0.3 is 6.09 Å². The minimum absolute atomic E-state index is 0.249.